The fourth-order valence-corrected chi connectivity index (χ4v) is 3.68. The quantitative estimate of drug-likeness (QED) is 0.303. The van der Waals surface area contributed by atoms with Crippen molar-refractivity contribution in [1.82, 2.24) is 9.38 Å². The van der Waals surface area contributed by atoms with Crippen LogP contribution in [0.3, 0.4) is 0 Å². The first-order valence-corrected chi connectivity index (χ1v) is 10.7. The molecule has 158 valence electrons. The predicted molar refractivity (Wildman–Crippen MR) is 127 cm³/mol. The van der Waals surface area contributed by atoms with Gasteiger partial charge in [0.05, 0.1) is 5.69 Å². The van der Waals surface area contributed by atoms with Crippen LogP contribution in [0.15, 0.2) is 103 Å². The molecule has 5 aromatic rings. The van der Waals surface area contributed by atoms with Gasteiger partial charge in [-0.3, -0.25) is 0 Å². The van der Waals surface area contributed by atoms with Crippen LogP contribution in [0.2, 0.25) is 0 Å². The highest BCUT2D eigenvalue weighted by molar-refractivity contribution is 5.67. The monoisotopic (exact) mass is 420 g/mol. The van der Waals surface area contributed by atoms with Gasteiger partial charge in [0, 0.05) is 18.0 Å². The van der Waals surface area contributed by atoms with Crippen LogP contribution in [-0.2, 0) is 13.2 Å². The topological polar surface area (TPSA) is 35.8 Å². The minimum absolute atomic E-state index is 0.509. The van der Waals surface area contributed by atoms with Crippen molar-refractivity contribution in [3.63, 3.8) is 0 Å². The summed E-state index contributed by atoms with van der Waals surface area (Å²) in [6.45, 7) is 3.13. The molecule has 0 radical (unpaired) electrons. The number of hydrogen-bond donors (Lipinski definition) is 0. The smallest absolute Gasteiger partial charge is 0.180 e. The number of aryl methyl sites for hydroxylation is 1. The van der Waals surface area contributed by atoms with Gasteiger partial charge in [-0.05, 0) is 53.9 Å². The Morgan fingerprint density at radius 2 is 1.38 bits per heavy atom. The summed E-state index contributed by atoms with van der Waals surface area (Å²) in [5.74, 6) is 1.65. The summed E-state index contributed by atoms with van der Waals surface area (Å²) in [6, 6.07) is 30.5. The summed E-state index contributed by atoms with van der Waals surface area (Å²) in [7, 11) is 0. The fraction of sp³-hybridized carbons (Fsp3) is 0.107. The van der Waals surface area contributed by atoms with Crippen molar-refractivity contribution in [1.29, 1.82) is 0 Å². The van der Waals surface area contributed by atoms with E-state index in [2.05, 4.69) is 43.3 Å². The number of rotatable bonds is 7. The summed E-state index contributed by atoms with van der Waals surface area (Å²) in [6.07, 6.45) is 4.02. The van der Waals surface area contributed by atoms with Crippen LogP contribution in [0.1, 0.15) is 16.7 Å². The molecule has 0 spiro atoms. The first-order chi connectivity index (χ1) is 15.8. The molecule has 3 aromatic carbocycles. The second-order valence-electron chi connectivity index (χ2n) is 7.76. The molecule has 5 rings (SSSR count). The van der Waals surface area contributed by atoms with Crippen LogP contribution in [0.4, 0.5) is 0 Å². The second-order valence-corrected chi connectivity index (χ2v) is 7.76. The summed E-state index contributed by atoms with van der Waals surface area (Å²) in [5.41, 5.74) is 6.12. The highest BCUT2D eigenvalue weighted by Crippen LogP contribution is 2.29. The number of nitrogens with zero attached hydrogens (tertiary/aromatic N) is 2. The highest BCUT2D eigenvalue weighted by atomic mass is 16.5. The van der Waals surface area contributed by atoms with Crippen LogP contribution >= 0.6 is 0 Å². The molecule has 0 aliphatic rings. The number of pyridine rings is 1. The molecule has 2 aromatic heterocycles. The van der Waals surface area contributed by atoms with E-state index < -0.39 is 0 Å². The first kappa shape index (κ1) is 19.9. The number of ether oxygens (including phenoxy) is 2. The average molecular weight is 421 g/mol. The molecule has 0 saturated carbocycles. The lowest BCUT2D eigenvalue weighted by Gasteiger charge is -2.10. The van der Waals surface area contributed by atoms with Crippen molar-refractivity contribution >= 4 is 5.65 Å². The van der Waals surface area contributed by atoms with Crippen LogP contribution < -0.4 is 9.47 Å². The van der Waals surface area contributed by atoms with E-state index in [9.17, 15) is 0 Å². The fourth-order valence-electron chi connectivity index (χ4n) is 3.68. The van der Waals surface area contributed by atoms with Crippen LogP contribution in [0.25, 0.3) is 16.9 Å². The van der Waals surface area contributed by atoms with Crippen molar-refractivity contribution in [2.24, 2.45) is 0 Å². The molecule has 0 atom stereocenters. The van der Waals surface area contributed by atoms with Gasteiger partial charge >= 0.3 is 0 Å². The van der Waals surface area contributed by atoms with Gasteiger partial charge in [0.1, 0.15) is 19.0 Å². The normalized spacial score (nSPS) is 10.9. The van der Waals surface area contributed by atoms with Gasteiger partial charge in [0.2, 0.25) is 0 Å². The Morgan fingerprint density at radius 1 is 0.719 bits per heavy atom. The molecule has 0 amide bonds. The SMILES string of the molecule is Cc1cc(-c2cn3cccc(OCc4ccccc4)c3n2)ccc1OCc1ccccc1. The van der Waals surface area contributed by atoms with E-state index >= 15 is 0 Å². The van der Waals surface area contributed by atoms with Gasteiger partial charge < -0.3 is 13.9 Å². The Balaban J connectivity index is 1.35. The zero-order valence-electron chi connectivity index (χ0n) is 17.9. The maximum Gasteiger partial charge on any atom is 0.180 e. The summed E-state index contributed by atoms with van der Waals surface area (Å²) in [4.78, 5) is 4.86. The van der Waals surface area contributed by atoms with Gasteiger partial charge in [0.25, 0.3) is 0 Å². The summed E-state index contributed by atoms with van der Waals surface area (Å²) in [5, 5.41) is 0. The maximum atomic E-state index is 6.07. The second kappa shape index (κ2) is 8.98. The Kier molecular flexibility index (Phi) is 5.58. The van der Waals surface area contributed by atoms with E-state index in [1.165, 1.54) is 0 Å². The van der Waals surface area contributed by atoms with Crippen LogP contribution in [-0.4, -0.2) is 9.38 Å². The van der Waals surface area contributed by atoms with Crippen molar-refractivity contribution in [3.8, 4) is 22.8 Å². The van der Waals surface area contributed by atoms with Gasteiger partial charge in [-0.25, -0.2) is 4.98 Å². The van der Waals surface area contributed by atoms with Crippen molar-refractivity contribution in [2.45, 2.75) is 20.1 Å². The van der Waals surface area contributed by atoms with Gasteiger partial charge in [0.15, 0.2) is 11.4 Å². The van der Waals surface area contributed by atoms with Crippen molar-refractivity contribution in [2.75, 3.05) is 0 Å². The lowest BCUT2D eigenvalue weighted by atomic mass is 10.1. The number of imidazole rings is 1. The molecule has 32 heavy (non-hydrogen) atoms. The Morgan fingerprint density at radius 3 is 2.03 bits per heavy atom. The molecule has 0 fully saturated rings. The van der Waals surface area contributed by atoms with Gasteiger partial charge in [-0.1, -0.05) is 60.7 Å². The van der Waals surface area contributed by atoms with Crippen molar-refractivity contribution in [3.05, 3.63) is 120 Å². The molecule has 4 heteroatoms. The maximum absolute atomic E-state index is 6.07. The molecule has 0 saturated heterocycles. The standard InChI is InChI=1S/C28H24N2O2/c1-21-17-24(14-15-26(21)31-19-22-9-4-2-5-10-22)25-18-30-16-8-13-27(28(30)29-25)32-20-23-11-6-3-7-12-23/h2-18H,19-20H2,1H3. The van der Waals surface area contributed by atoms with E-state index in [0.717, 1.165) is 45.1 Å². The third-order valence-electron chi connectivity index (χ3n) is 5.39. The van der Waals surface area contributed by atoms with Crippen LogP contribution in [0.5, 0.6) is 11.5 Å². The van der Waals surface area contributed by atoms with E-state index in [0.29, 0.717) is 13.2 Å². The Labute approximate surface area is 187 Å². The number of hydrogen-bond acceptors (Lipinski definition) is 3. The molecule has 0 bridgehead atoms. The number of fused-ring (bicyclic) bond motifs is 1. The number of benzene rings is 3. The van der Waals surface area contributed by atoms with Gasteiger partial charge in [-0.15, -0.1) is 0 Å². The Hall–Kier alpha value is -4.05. The Bertz CT molecular complexity index is 1330. The zero-order valence-corrected chi connectivity index (χ0v) is 17.9. The largest absolute Gasteiger partial charge is 0.489 e. The lowest BCUT2D eigenvalue weighted by Crippen LogP contribution is -1.97. The minimum atomic E-state index is 0.509. The van der Waals surface area contributed by atoms with Crippen molar-refractivity contribution < 1.29 is 9.47 Å². The minimum Gasteiger partial charge on any atom is -0.489 e. The molecule has 0 aliphatic heterocycles. The van der Waals surface area contributed by atoms with Crippen LogP contribution in [0, 0.1) is 6.92 Å². The van der Waals surface area contributed by atoms with E-state index in [1.807, 2.05) is 71.4 Å². The number of aromatic nitrogens is 2. The summed E-state index contributed by atoms with van der Waals surface area (Å²) < 4.78 is 14.1. The van der Waals surface area contributed by atoms with Gasteiger partial charge in [-0.2, -0.15) is 0 Å². The van der Waals surface area contributed by atoms with E-state index in [1.54, 1.807) is 0 Å². The van der Waals surface area contributed by atoms with E-state index in [-0.39, 0.29) is 0 Å². The summed E-state index contributed by atoms with van der Waals surface area (Å²) >= 11 is 0. The zero-order chi connectivity index (χ0) is 21.8. The molecule has 4 nitrogen and oxygen atoms in total. The van der Waals surface area contributed by atoms with E-state index in [4.69, 9.17) is 14.5 Å². The molecule has 0 N–H and O–H groups in total. The third-order valence-corrected chi connectivity index (χ3v) is 5.39. The first-order valence-electron chi connectivity index (χ1n) is 10.7. The molecular weight excluding hydrogens is 396 g/mol. The average Bonchev–Trinajstić information content (AvgIpc) is 3.28. The molecule has 0 aliphatic carbocycles. The lowest BCUT2D eigenvalue weighted by molar-refractivity contribution is 0.304. The molecule has 0 unspecified atom stereocenters. The predicted octanol–water partition coefficient (Wildman–Crippen LogP) is 6.47. The third kappa shape index (κ3) is 4.35. The molecular formula is C28H24N2O2. The molecule has 2 heterocycles. The highest BCUT2D eigenvalue weighted by Gasteiger charge is 2.11.